The van der Waals surface area contributed by atoms with Crippen molar-refractivity contribution in [1.82, 2.24) is 10.2 Å². The molecule has 2 fully saturated rings. The Bertz CT molecular complexity index is 346. The minimum Gasteiger partial charge on any atom is -0.351 e. The molecule has 3 nitrogen and oxygen atoms in total. The molecule has 0 spiro atoms. The first-order valence-electron chi connectivity index (χ1n) is 8.30. The van der Waals surface area contributed by atoms with Gasteiger partial charge in [0.1, 0.15) is 0 Å². The van der Waals surface area contributed by atoms with E-state index in [0.29, 0.717) is 0 Å². The van der Waals surface area contributed by atoms with Gasteiger partial charge in [0.05, 0.1) is 0 Å². The first kappa shape index (κ1) is 15.6. The molecule has 2 rings (SSSR count). The van der Waals surface area contributed by atoms with Gasteiger partial charge < -0.3 is 5.32 Å². The summed E-state index contributed by atoms with van der Waals surface area (Å²) in [6.07, 6.45) is 12.2. The van der Waals surface area contributed by atoms with Crippen LogP contribution in [-0.2, 0) is 4.79 Å². The van der Waals surface area contributed by atoms with E-state index in [1.54, 1.807) is 6.08 Å². The number of piperidine rings is 1. The molecular weight excluding hydrogens is 248 g/mol. The second kappa shape index (κ2) is 7.26. The minimum absolute atomic E-state index is 0.0759. The van der Waals surface area contributed by atoms with Gasteiger partial charge in [-0.2, -0.15) is 0 Å². The molecule has 0 aromatic carbocycles. The van der Waals surface area contributed by atoms with Crippen molar-refractivity contribution in [3.63, 3.8) is 0 Å². The van der Waals surface area contributed by atoms with Crippen LogP contribution in [-0.4, -0.2) is 36.0 Å². The van der Waals surface area contributed by atoms with Crippen LogP contribution in [0.3, 0.4) is 0 Å². The average molecular weight is 278 g/mol. The molecule has 0 unspecified atom stereocenters. The molecule has 1 saturated heterocycles. The van der Waals surface area contributed by atoms with Gasteiger partial charge in [-0.25, -0.2) is 0 Å². The molecule has 0 aromatic heterocycles. The number of likely N-dealkylation sites (tertiary alicyclic amines) is 1. The van der Waals surface area contributed by atoms with Gasteiger partial charge in [-0.05, 0) is 52.6 Å². The van der Waals surface area contributed by atoms with E-state index in [2.05, 4.69) is 10.2 Å². The van der Waals surface area contributed by atoms with Crippen molar-refractivity contribution >= 4 is 5.91 Å². The Labute approximate surface area is 123 Å². The van der Waals surface area contributed by atoms with Crippen molar-refractivity contribution in [1.29, 1.82) is 0 Å². The Morgan fingerprint density at radius 1 is 1.05 bits per heavy atom. The van der Waals surface area contributed by atoms with Gasteiger partial charge >= 0.3 is 0 Å². The van der Waals surface area contributed by atoms with Crippen molar-refractivity contribution < 1.29 is 4.79 Å². The Hall–Kier alpha value is -0.830. The molecule has 0 aromatic rings. The van der Waals surface area contributed by atoms with Crippen LogP contribution < -0.4 is 5.32 Å². The van der Waals surface area contributed by atoms with E-state index in [1.165, 1.54) is 64.5 Å². The SMILES string of the molecule is CC(C)=CC(=O)NCC1(N2CCCCC2)CCCCC1. The molecule has 1 aliphatic heterocycles. The maximum Gasteiger partial charge on any atom is 0.243 e. The fraction of sp³-hybridized carbons (Fsp3) is 0.824. The summed E-state index contributed by atoms with van der Waals surface area (Å²) in [7, 11) is 0. The fourth-order valence-corrected chi connectivity index (χ4v) is 3.75. The highest BCUT2D eigenvalue weighted by atomic mass is 16.1. The van der Waals surface area contributed by atoms with Gasteiger partial charge in [0, 0.05) is 18.2 Å². The number of nitrogens with zero attached hydrogens (tertiary/aromatic N) is 1. The fourth-order valence-electron chi connectivity index (χ4n) is 3.75. The first-order valence-corrected chi connectivity index (χ1v) is 8.30. The quantitative estimate of drug-likeness (QED) is 0.801. The van der Waals surface area contributed by atoms with Crippen LogP contribution in [0.25, 0.3) is 0 Å². The van der Waals surface area contributed by atoms with Crippen molar-refractivity contribution in [2.75, 3.05) is 19.6 Å². The zero-order chi connectivity index (χ0) is 14.4. The Morgan fingerprint density at radius 2 is 1.65 bits per heavy atom. The summed E-state index contributed by atoms with van der Waals surface area (Å²) in [4.78, 5) is 14.6. The Balaban J connectivity index is 1.99. The number of rotatable bonds is 4. The number of hydrogen-bond acceptors (Lipinski definition) is 2. The molecule has 3 heteroatoms. The molecule has 1 heterocycles. The van der Waals surface area contributed by atoms with Crippen LogP contribution in [0.15, 0.2) is 11.6 Å². The number of carbonyl (C=O) groups is 1. The third kappa shape index (κ3) is 4.08. The van der Waals surface area contributed by atoms with Crippen LogP contribution in [0.4, 0.5) is 0 Å². The molecule has 1 aliphatic carbocycles. The first-order chi connectivity index (χ1) is 9.62. The second-order valence-electron chi connectivity index (χ2n) is 6.77. The lowest BCUT2D eigenvalue weighted by Crippen LogP contribution is -2.58. The van der Waals surface area contributed by atoms with Crippen LogP contribution in [0.2, 0.25) is 0 Å². The average Bonchev–Trinajstić information content (AvgIpc) is 2.46. The van der Waals surface area contributed by atoms with Crippen molar-refractivity contribution in [3.8, 4) is 0 Å². The van der Waals surface area contributed by atoms with E-state index < -0.39 is 0 Å². The molecule has 114 valence electrons. The lowest BCUT2D eigenvalue weighted by Gasteiger charge is -2.48. The third-order valence-electron chi connectivity index (χ3n) is 4.82. The zero-order valence-corrected chi connectivity index (χ0v) is 13.2. The van der Waals surface area contributed by atoms with E-state index in [-0.39, 0.29) is 11.4 Å². The van der Waals surface area contributed by atoms with Gasteiger partial charge in [0.25, 0.3) is 0 Å². The van der Waals surface area contributed by atoms with Crippen LogP contribution >= 0.6 is 0 Å². The van der Waals surface area contributed by atoms with Gasteiger partial charge in [0.2, 0.25) is 5.91 Å². The van der Waals surface area contributed by atoms with Crippen LogP contribution in [0.1, 0.15) is 65.2 Å². The number of allylic oxidation sites excluding steroid dienone is 1. The van der Waals surface area contributed by atoms with Gasteiger partial charge in [-0.3, -0.25) is 9.69 Å². The monoisotopic (exact) mass is 278 g/mol. The molecular formula is C17H30N2O. The van der Waals surface area contributed by atoms with Crippen LogP contribution in [0, 0.1) is 0 Å². The lowest BCUT2D eigenvalue weighted by atomic mass is 9.79. The predicted molar refractivity (Wildman–Crippen MR) is 83.7 cm³/mol. The molecule has 0 atom stereocenters. The molecule has 1 amide bonds. The molecule has 20 heavy (non-hydrogen) atoms. The smallest absolute Gasteiger partial charge is 0.243 e. The largest absolute Gasteiger partial charge is 0.351 e. The van der Waals surface area contributed by atoms with Crippen LogP contribution in [0.5, 0.6) is 0 Å². The number of hydrogen-bond donors (Lipinski definition) is 1. The number of nitrogens with one attached hydrogen (secondary N) is 1. The van der Waals surface area contributed by atoms with E-state index in [4.69, 9.17) is 0 Å². The molecule has 1 N–H and O–H groups in total. The molecule has 0 bridgehead atoms. The molecule has 0 radical (unpaired) electrons. The lowest BCUT2D eigenvalue weighted by molar-refractivity contribution is -0.117. The standard InChI is InChI=1S/C17H30N2O/c1-15(2)13-16(20)18-14-17(9-5-3-6-10-17)19-11-7-4-8-12-19/h13H,3-12,14H2,1-2H3,(H,18,20). The second-order valence-corrected chi connectivity index (χ2v) is 6.77. The summed E-state index contributed by atoms with van der Waals surface area (Å²) in [5.41, 5.74) is 1.31. The number of carbonyl (C=O) groups excluding carboxylic acids is 1. The molecule has 2 aliphatic rings. The summed E-state index contributed by atoms with van der Waals surface area (Å²) < 4.78 is 0. The van der Waals surface area contributed by atoms with Gasteiger partial charge in [0.15, 0.2) is 0 Å². The van der Waals surface area contributed by atoms with Gasteiger partial charge in [-0.15, -0.1) is 0 Å². The van der Waals surface area contributed by atoms with E-state index >= 15 is 0 Å². The van der Waals surface area contributed by atoms with Crippen molar-refractivity contribution in [2.45, 2.75) is 70.8 Å². The van der Waals surface area contributed by atoms with Crippen molar-refractivity contribution in [3.05, 3.63) is 11.6 Å². The number of amides is 1. The highest BCUT2D eigenvalue weighted by Crippen LogP contribution is 2.35. The van der Waals surface area contributed by atoms with Crippen molar-refractivity contribution in [2.24, 2.45) is 0 Å². The summed E-state index contributed by atoms with van der Waals surface area (Å²) >= 11 is 0. The highest BCUT2D eigenvalue weighted by molar-refractivity contribution is 5.88. The minimum atomic E-state index is 0.0759. The maximum atomic E-state index is 11.9. The topological polar surface area (TPSA) is 32.3 Å². The highest BCUT2D eigenvalue weighted by Gasteiger charge is 2.38. The summed E-state index contributed by atoms with van der Waals surface area (Å²) in [5.74, 6) is 0.0759. The van der Waals surface area contributed by atoms with E-state index in [0.717, 1.165) is 12.1 Å². The summed E-state index contributed by atoms with van der Waals surface area (Å²) in [5, 5.41) is 3.16. The maximum absolute atomic E-state index is 11.9. The van der Waals surface area contributed by atoms with Gasteiger partial charge in [-0.1, -0.05) is 31.3 Å². The third-order valence-corrected chi connectivity index (χ3v) is 4.82. The van der Waals surface area contributed by atoms with E-state index in [1.807, 2.05) is 13.8 Å². The van der Waals surface area contributed by atoms with E-state index in [9.17, 15) is 4.79 Å². The zero-order valence-electron chi connectivity index (χ0n) is 13.2. The normalized spacial score (nSPS) is 23.1. The Morgan fingerprint density at radius 3 is 2.25 bits per heavy atom. The predicted octanol–water partition coefficient (Wildman–Crippen LogP) is 3.26. The summed E-state index contributed by atoms with van der Waals surface area (Å²) in [6, 6.07) is 0. The molecule has 1 saturated carbocycles. The summed E-state index contributed by atoms with van der Waals surface area (Å²) in [6.45, 7) is 7.22. The Kier molecular flexibility index (Phi) is 5.64.